The first-order valence-corrected chi connectivity index (χ1v) is 9.77. The van der Waals surface area contributed by atoms with Crippen LogP contribution in [0.1, 0.15) is 22.8 Å². The predicted molar refractivity (Wildman–Crippen MR) is 104 cm³/mol. The van der Waals surface area contributed by atoms with Crippen LogP contribution < -0.4 is 4.90 Å². The number of carbonyl (C=O) groups is 3. The van der Waals surface area contributed by atoms with Crippen molar-refractivity contribution in [3.8, 4) is 0 Å². The summed E-state index contributed by atoms with van der Waals surface area (Å²) in [7, 11) is 0. The van der Waals surface area contributed by atoms with Crippen molar-refractivity contribution in [1.82, 2.24) is 9.88 Å². The van der Waals surface area contributed by atoms with E-state index in [-0.39, 0.29) is 29.4 Å². The minimum absolute atomic E-state index is 0.175. The molecule has 0 unspecified atom stereocenters. The number of anilines is 1. The van der Waals surface area contributed by atoms with Gasteiger partial charge in [0.05, 0.1) is 12.3 Å². The first kappa shape index (κ1) is 18.6. The molecule has 1 aromatic carbocycles. The second-order valence-corrected chi connectivity index (χ2v) is 7.46. The van der Waals surface area contributed by atoms with Crippen molar-refractivity contribution < 1.29 is 14.4 Å². The van der Waals surface area contributed by atoms with Gasteiger partial charge in [-0.05, 0) is 52.7 Å². The number of aromatic nitrogens is 1. The van der Waals surface area contributed by atoms with Gasteiger partial charge in [0.15, 0.2) is 0 Å². The highest BCUT2D eigenvalue weighted by Gasteiger charge is 2.30. The zero-order valence-electron chi connectivity index (χ0n) is 14.0. The van der Waals surface area contributed by atoms with E-state index in [9.17, 15) is 14.4 Å². The summed E-state index contributed by atoms with van der Waals surface area (Å²) in [6.07, 6.45) is 1.64. The Hall–Kier alpha value is -2.19. The molecule has 0 N–H and O–H groups in total. The van der Waals surface area contributed by atoms with Crippen molar-refractivity contribution in [2.45, 2.75) is 13.5 Å². The second-order valence-electron chi connectivity index (χ2n) is 5.62. The molecule has 0 spiro atoms. The van der Waals surface area contributed by atoms with Crippen molar-refractivity contribution in [2.75, 3.05) is 17.2 Å². The van der Waals surface area contributed by atoms with Crippen LogP contribution in [-0.4, -0.2) is 39.2 Å². The van der Waals surface area contributed by atoms with E-state index >= 15 is 0 Å². The lowest BCUT2D eigenvalue weighted by Crippen LogP contribution is -2.31. The van der Waals surface area contributed by atoms with Crippen molar-refractivity contribution in [2.24, 2.45) is 0 Å². The number of rotatable bonds is 5. The van der Waals surface area contributed by atoms with E-state index < -0.39 is 0 Å². The van der Waals surface area contributed by atoms with Crippen LogP contribution in [0.3, 0.4) is 0 Å². The lowest BCUT2D eigenvalue weighted by Gasteiger charge is -2.20. The number of imide groups is 1. The fraction of sp³-hybridized carbons (Fsp3) is 0.222. The monoisotopic (exact) mass is 433 g/mol. The van der Waals surface area contributed by atoms with Gasteiger partial charge in [0.2, 0.25) is 5.91 Å². The number of hydrogen-bond acceptors (Lipinski definition) is 5. The smallest absolute Gasteiger partial charge is 0.289 e. The third-order valence-corrected chi connectivity index (χ3v) is 5.23. The Morgan fingerprint density at radius 2 is 2.12 bits per heavy atom. The Morgan fingerprint density at radius 1 is 1.31 bits per heavy atom. The number of halogens is 1. The lowest BCUT2D eigenvalue weighted by atomic mass is 10.1. The van der Waals surface area contributed by atoms with Crippen LogP contribution in [-0.2, 0) is 11.3 Å². The Kier molecular flexibility index (Phi) is 5.73. The van der Waals surface area contributed by atoms with Gasteiger partial charge in [0.1, 0.15) is 5.82 Å². The summed E-state index contributed by atoms with van der Waals surface area (Å²) in [6.45, 7) is 2.52. The first-order valence-electron chi connectivity index (χ1n) is 7.99. The molecule has 1 saturated heterocycles. The fourth-order valence-corrected chi connectivity index (χ4v) is 3.57. The van der Waals surface area contributed by atoms with Crippen LogP contribution >= 0.6 is 27.7 Å². The summed E-state index contributed by atoms with van der Waals surface area (Å²) in [5.41, 5.74) is 1.22. The average molecular weight is 434 g/mol. The van der Waals surface area contributed by atoms with Crippen LogP contribution in [0.15, 0.2) is 47.1 Å². The van der Waals surface area contributed by atoms with Gasteiger partial charge in [0.25, 0.3) is 11.1 Å². The molecule has 8 heteroatoms. The normalized spacial score (nSPS) is 14.0. The molecule has 6 nitrogen and oxygen atoms in total. The molecule has 0 aliphatic carbocycles. The molecule has 3 amide bonds. The van der Waals surface area contributed by atoms with Crippen molar-refractivity contribution in [3.05, 3.63) is 58.2 Å². The van der Waals surface area contributed by atoms with Crippen LogP contribution in [0.25, 0.3) is 0 Å². The zero-order chi connectivity index (χ0) is 18.7. The molecule has 1 aliphatic rings. The number of hydrogen-bond donors (Lipinski definition) is 0. The second kappa shape index (κ2) is 8.01. The molecular weight excluding hydrogens is 418 g/mol. The van der Waals surface area contributed by atoms with Crippen LogP contribution in [0.5, 0.6) is 0 Å². The van der Waals surface area contributed by atoms with Crippen LogP contribution in [0.4, 0.5) is 10.6 Å². The van der Waals surface area contributed by atoms with Gasteiger partial charge in [-0.3, -0.25) is 24.2 Å². The van der Waals surface area contributed by atoms with Gasteiger partial charge in [0, 0.05) is 22.8 Å². The average Bonchev–Trinajstić information content (AvgIpc) is 2.96. The molecule has 0 radical (unpaired) electrons. The Bertz CT molecular complexity index is 841. The molecular formula is C18H16BrN3O3S. The maximum atomic E-state index is 12.9. The first-order chi connectivity index (χ1) is 12.5. The topological polar surface area (TPSA) is 70.6 Å². The number of pyridine rings is 1. The molecule has 0 saturated carbocycles. The summed E-state index contributed by atoms with van der Waals surface area (Å²) in [4.78, 5) is 43.5. The fourth-order valence-electron chi connectivity index (χ4n) is 2.61. The standard InChI is InChI=1S/C18H16BrN3O3S/c1-2-21(15-7-6-14(19)9-20-15)17(24)13-5-3-4-12(8-13)10-22-16(23)11-26-18(22)25/h3-9H,2,10-11H2,1H3. The quantitative estimate of drug-likeness (QED) is 0.718. The lowest BCUT2D eigenvalue weighted by molar-refractivity contribution is -0.125. The minimum Gasteiger partial charge on any atom is -0.293 e. The molecule has 26 heavy (non-hydrogen) atoms. The molecule has 1 aromatic heterocycles. The molecule has 2 aromatic rings. The van der Waals surface area contributed by atoms with Crippen molar-refractivity contribution in [1.29, 1.82) is 0 Å². The maximum absolute atomic E-state index is 12.9. The highest BCUT2D eigenvalue weighted by molar-refractivity contribution is 9.10. The third kappa shape index (κ3) is 3.96. The van der Waals surface area contributed by atoms with E-state index in [1.54, 1.807) is 41.4 Å². The van der Waals surface area contributed by atoms with Crippen molar-refractivity contribution >= 4 is 50.6 Å². The summed E-state index contributed by atoms with van der Waals surface area (Å²) in [5, 5.41) is -0.249. The molecule has 1 aliphatic heterocycles. The molecule has 0 bridgehead atoms. The van der Waals surface area contributed by atoms with E-state index in [0.717, 1.165) is 21.8 Å². The molecule has 0 atom stereocenters. The largest absolute Gasteiger partial charge is 0.293 e. The predicted octanol–water partition coefficient (Wildman–Crippen LogP) is 3.71. The van der Waals surface area contributed by atoms with Gasteiger partial charge >= 0.3 is 0 Å². The van der Waals surface area contributed by atoms with Gasteiger partial charge in [-0.15, -0.1) is 0 Å². The number of amides is 3. The molecule has 3 rings (SSSR count). The third-order valence-electron chi connectivity index (χ3n) is 3.90. The van der Waals surface area contributed by atoms with Gasteiger partial charge < -0.3 is 0 Å². The summed E-state index contributed by atoms with van der Waals surface area (Å²) >= 11 is 4.33. The number of carbonyl (C=O) groups excluding carboxylic acids is 3. The van der Waals surface area contributed by atoms with E-state index in [4.69, 9.17) is 0 Å². The molecule has 1 fully saturated rings. The SMILES string of the molecule is CCN(C(=O)c1cccc(CN2C(=O)CSC2=O)c1)c1ccc(Br)cn1. The van der Waals surface area contributed by atoms with Gasteiger partial charge in [-0.2, -0.15) is 0 Å². The van der Waals surface area contributed by atoms with E-state index in [2.05, 4.69) is 20.9 Å². The summed E-state index contributed by atoms with van der Waals surface area (Å²) in [6, 6.07) is 10.6. The number of thioether (sulfide) groups is 1. The summed E-state index contributed by atoms with van der Waals surface area (Å²) < 4.78 is 0.838. The molecule has 2 heterocycles. The van der Waals surface area contributed by atoms with Gasteiger partial charge in [-0.1, -0.05) is 23.9 Å². The minimum atomic E-state index is -0.249. The summed E-state index contributed by atoms with van der Waals surface area (Å²) in [5.74, 6) is 0.354. The van der Waals surface area contributed by atoms with Gasteiger partial charge in [-0.25, -0.2) is 4.98 Å². The Balaban J connectivity index is 1.82. The van der Waals surface area contributed by atoms with E-state index in [0.29, 0.717) is 17.9 Å². The maximum Gasteiger partial charge on any atom is 0.289 e. The number of nitrogens with zero attached hydrogens (tertiary/aromatic N) is 3. The Morgan fingerprint density at radius 3 is 2.73 bits per heavy atom. The van der Waals surface area contributed by atoms with Crippen LogP contribution in [0, 0.1) is 0 Å². The van der Waals surface area contributed by atoms with E-state index in [1.807, 2.05) is 13.0 Å². The van der Waals surface area contributed by atoms with Crippen molar-refractivity contribution in [3.63, 3.8) is 0 Å². The highest BCUT2D eigenvalue weighted by atomic mass is 79.9. The van der Waals surface area contributed by atoms with E-state index in [1.165, 1.54) is 4.90 Å². The zero-order valence-corrected chi connectivity index (χ0v) is 16.4. The number of benzene rings is 1. The Labute approximate surface area is 163 Å². The molecule has 134 valence electrons. The highest BCUT2D eigenvalue weighted by Crippen LogP contribution is 2.22. The van der Waals surface area contributed by atoms with Crippen LogP contribution in [0.2, 0.25) is 0 Å².